The maximum absolute atomic E-state index is 12.7. The molecule has 0 saturated heterocycles. The summed E-state index contributed by atoms with van der Waals surface area (Å²) in [6, 6.07) is 12.3. The van der Waals surface area contributed by atoms with Crippen LogP contribution in [0, 0.1) is 0 Å². The van der Waals surface area contributed by atoms with Gasteiger partial charge in [-0.15, -0.1) is 0 Å². The van der Waals surface area contributed by atoms with Crippen molar-refractivity contribution in [1.29, 1.82) is 0 Å². The van der Waals surface area contributed by atoms with E-state index in [9.17, 15) is 9.59 Å². The Hall–Kier alpha value is -2.24. The number of halogens is 2. The monoisotopic (exact) mass is 392 g/mol. The minimum absolute atomic E-state index is 0.115. The molecule has 0 aromatic heterocycles. The number of fused-ring (bicyclic) bond motifs is 1. The van der Waals surface area contributed by atoms with Crippen LogP contribution >= 0.6 is 23.2 Å². The van der Waals surface area contributed by atoms with E-state index in [0.717, 1.165) is 5.56 Å². The van der Waals surface area contributed by atoms with E-state index in [4.69, 9.17) is 27.9 Å². The van der Waals surface area contributed by atoms with Crippen LogP contribution in [0.3, 0.4) is 0 Å². The van der Waals surface area contributed by atoms with Gasteiger partial charge in [0.05, 0.1) is 5.69 Å². The summed E-state index contributed by atoms with van der Waals surface area (Å²) in [7, 11) is 0. The van der Waals surface area contributed by atoms with Gasteiger partial charge in [-0.2, -0.15) is 0 Å². The first-order valence-corrected chi connectivity index (χ1v) is 9.03. The summed E-state index contributed by atoms with van der Waals surface area (Å²) in [5.41, 5.74) is 1.31. The van der Waals surface area contributed by atoms with Crippen molar-refractivity contribution in [2.45, 2.75) is 26.0 Å². The van der Waals surface area contributed by atoms with Crippen LogP contribution in [-0.2, 0) is 16.1 Å². The van der Waals surface area contributed by atoms with Gasteiger partial charge in [0.25, 0.3) is 5.91 Å². The molecule has 3 rings (SSSR count). The third-order valence-corrected chi connectivity index (χ3v) is 4.73. The van der Waals surface area contributed by atoms with Crippen molar-refractivity contribution >= 4 is 40.7 Å². The van der Waals surface area contributed by atoms with Crippen molar-refractivity contribution in [2.75, 3.05) is 11.4 Å². The summed E-state index contributed by atoms with van der Waals surface area (Å²) in [6.45, 7) is 2.03. The number of nitrogens with zero attached hydrogens (tertiary/aromatic N) is 1. The molecule has 2 amide bonds. The highest BCUT2D eigenvalue weighted by atomic mass is 35.5. The quantitative estimate of drug-likeness (QED) is 0.841. The molecule has 26 heavy (non-hydrogen) atoms. The number of carbonyl (C=O) groups is 2. The molecule has 1 aliphatic heterocycles. The van der Waals surface area contributed by atoms with Crippen molar-refractivity contribution in [3.63, 3.8) is 0 Å². The lowest BCUT2D eigenvalue weighted by atomic mass is 10.1. The Bertz CT molecular complexity index is 841. The number of hydrogen-bond acceptors (Lipinski definition) is 3. The Morgan fingerprint density at radius 3 is 2.73 bits per heavy atom. The number of amides is 2. The van der Waals surface area contributed by atoms with Crippen LogP contribution in [0.1, 0.15) is 18.9 Å². The van der Waals surface area contributed by atoms with Gasteiger partial charge in [-0.25, -0.2) is 0 Å². The highest BCUT2D eigenvalue weighted by Gasteiger charge is 2.34. The van der Waals surface area contributed by atoms with E-state index in [1.807, 2.05) is 25.1 Å². The number of carbonyl (C=O) groups excluding carboxylic acids is 2. The fraction of sp³-hybridized carbons (Fsp3) is 0.263. The van der Waals surface area contributed by atoms with Gasteiger partial charge in [0.2, 0.25) is 5.91 Å². The van der Waals surface area contributed by atoms with Gasteiger partial charge >= 0.3 is 0 Å². The fourth-order valence-corrected chi connectivity index (χ4v) is 3.12. The Balaban J connectivity index is 1.75. The molecule has 1 N–H and O–H groups in total. The van der Waals surface area contributed by atoms with Gasteiger partial charge in [-0.1, -0.05) is 48.3 Å². The molecular formula is C19H18Cl2N2O3. The van der Waals surface area contributed by atoms with E-state index in [1.54, 1.807) is 24.3 Å². The Kier molecular flexibility index (Phi) is 5.69. The summed E-state index contributed by atoms with van der Waals surface area (Å²) in [6.07, 6.45) is -0.0985. The van der Waals surface area contributed by atoms with E-state index in [2.05, 4.69) is 5.32 Å². The molecule has 0 radical (unpaired) electrons. The van der Waals surface area contributed by atoms with Gasteiger partial charge in [0, 0.05) is 16.6 Å². The van der Waals surface area contributed by atoms with Crippen LogP contribution in [0.4, 0.5) is 5.69 Å². The molecular weight excluding hydrogens is 375 g/mol. The van der Waals surface area contributed by atoms with Gasteiger partial charge in [0.1, 0.15) is 12.3 Å². The summed E-state index contributed by atoms with van der Waals surface area (Å²) < 4.78 is 5.71. The highest BCUT2D eigenvalue weighted by molar-refractivity contribution is 6.31. The standard InChI is InChI=1S/C19H18Cl2N2O3/c1-2-16-19(25)23(15-9-13(20)7-8-17(15)26-16)11-18(24)22-10-12-5-3-4-6-14(12)21/h3-9,16H,2,10-11H2,1H3,(H,22,24). The first-order chi connectivity index (χ1) is 12.5. The zero-order valence-corrected chi connectivity index (χ0v) is 15.7. The van der Waals surface area contributed by atoms with Crippen molar-refractivity contribution < 1.29 is 14.3 Å². The normalized spacial score (nSPS) is 16.0. The largest absolute Gasteiger partial charge is 0.478 e. The number of rotatable bonds is 5. The lowest BCUT2D eigenvalue weighted by Crippen LogP contribution is -2.49. The maximum Gasteiger partial charge on any atom is 0.268 e. The molecule has 0 spiro atoms. The highest BCUT2D eigenvalue weighted by Crippen LogP contribution is 2.36. The Morgan fingerprint density at radius 2 is 2.00 bits per heavy atom. The second kappa shape index (κ2) is 7.98. The van der Waals surface area contributed by atoms with E-state index >= 15 is 0 Å². The van der Waals surface area contributed by atoms with E-state index in [1.165, 1.54) is 4.90 Å². The number of anilines is 1. The van der Waals surface area contributed by atoms with Crippen LogP contribution in [0.5, 0.6) is 5.75 Å². The predicted molar refractivity (Wildman–Crippen MR) is 102 cm³/mol. The van der Waals surface area contributed by atoms with Gasteiger partial charge in [-0.3, -0.25) is 14.5 Å². The van der Waals surface area contributed by atoms with E-state index in [-0.39, 0.29) is 24.9 Å². The molecule has 1 unspecified atom stereocenters. The van der Waals surface area contributed by atoms with E-state index in [0.29, 0.717) is 27.9 Å². The van der Waals surface area contributed by atoms with Gasteiger partial charge in [0.15, 0.2) is 6.10 Å². The average Bonchev–Trinajstić information content (AvgIpc) is 2.63. The fourth-order valence-electron chi connectivity index (χ4n) is 2.75. The second-order valence-corrected chi connectivity index (χ2v) is 6.76. The molecule has 136 valence electrons. The summed E-state index contributed by atoms with van der Waals surface area (Å²) in [4.78, 5) is 26.5. The third kappa shape index (κ3) is 3.94. The predicted octanol–water partition coefficient (Wildman–Crippen LogP) is 3.81. The SMILES string of the molecule is CCC1Oc2ccc(Cl)cc2N(CC(=O)NCc2ccccc2Cl)C1=O. The van der Waals surface area contributed by atoms with Crippen LogP contribution in [-0.4, -0.2) is 24.5 Å². The zero-order chi connectivity index (χ0) is 18.7. The maximum atomic E-state index is 12.7. The van der Waals surface area contributed by atoms with Gasteiger partial charge in [-0.05, 0) is 36.2 Å². The van der Waals surface area contributed by atoms with Crippen LogP contribution in [0.2, 0.25) is 10.0 Å². The Morgan fingerprint density at radius 1 is 1.23 bits per heavy atom. The van der Waals surface area contributed by atoms with Crippen LogP contribution < -0.4 is 15.0 Å². The molecule has 0 bridgehead atoms. The summed E-state index contributed by atoms with van der Waals surface area (Å²) in [5, 5.41) is 3.85. The second-order valence-electron chi connectivity index (χ2n) is 5.92. The minimum atomic E-state index is -0.611. The molecule has 0 fully saturated rings. The van der Waals surface area contributed by atoms with Gasteiger partial charge < -0.3 is 10.1 Å². The molecule has 2 aromatic rings. The van der Waals surface area contributed by atoms with E-state index < -0.39 is 6.10 Å². The molecule has 1 heterocycles. The first kappa shape index (κ1) is 18.5. The molecule has 2 aromatic carbocycles. The molecule has 1 aliphatic rings. The third-order valence-electron chi connectivity index (χ3n) is 4.13. The minimum Gasteiger partial charge on any atom is -0.478 e. The van der Waals surface area contributed by atoms with Crippen LogP contribution in [0.25, 0.3) is 0 Å². The average molecular weight is 393 g/mol. The Labute approximate surface area is 161 Å². The van der Waals surface area contributed by atoms with Crippen molar-refractivity contribution in [2.24, 2.45) is 0 Å². The number of benzene rings is 2. The smallest absolute Gasteiger partial charge is 0.268 e. The van der Waals surface area contributed by atoms with Crippen molar-refractivity contribution in [1.82, 2.24) is 5.32 Å². The number of ether oxygens (including phenoxy) is 1. The number of nitrogens with one attached hydrogen (secondary N) is 1. The van der Waals surface area contributed by atoms with Crippen LogP contribution in [0.15, 0.2) is 42.5 Å². The lowest BCUT2D eigenvalue weighted by molar-refractivity contribution is -0.129. The molecule has 7 heteroatoms. The lowest BCUT2D eigenvalue weighted by Gasteiger charge is -2.33. The van der Waals surface area contributed by atoms with Crippen molar-refractivity contribution in [3.8, 4) is 5.75 Å². The summed E-state index contributed by atoms with van der Waals surface area (Å²) in [5.74, 6) is -0.00383. The number of hydrogen-bond donors (Lipinski definition) is 1. The van der Waals surface area contributed by atoms with Crippen molar-refractivity contribution in [3.05, 3.63) is 58.1 Å². The molecule has 0 saturated carbocycles. The molecule has 0 aliphatic carbocycles. The topological polar surface area (TPSA) is 58.6 Å². The zero-order valence-electron chi connectivity index (χ0n) is 14.2. The molecule has 1 atom stereocenters. The molecule has 5 nitrogen and oxygen atoms in total. The first-order valence-electron chi connectivity index (χ1n) is 8.27. The summed E-state index contributed by atoms with van der Waals surface area (Å²) >= 11 is 12.1.